The van der Waals surface area contributed by atoms with Gasteiger partial charge in [0.1, 0.15) is 17.0 Å². The Bertz CT molecular complexity index is 912. The van der Waals surface area contributed by atoms with Crippen molar-refractivity contribution in [1.82, 2.24) is 9.97 Å². The Hall–Kier alpha value is -2.14. The van der Waals surface area contributed by atoms with Crippen molar-refractivity contribution in [2.24, 2.45) is 5.92 Å². The smallest absolute Gasteiger partial charge is 0.141 e. The van der Waals surface area contributed by atoms with E-state index in [0.717, 1.165) is 37.9 Å². The molecule has 1 atom stereocenters. The van der Waals surface area contributed by atoms with Gasteiger partial charge in [-0.15, -0.1) is 11.3 Å². The fourth-order valence-electron chi connectivity index (χ4n) is 4.31. The molecule has 1 aliphatic carbocycles. The number of hydrogen-bond acceptors (Lipinski definition) is 5. The first-order valence-corrected chi connectivity index (χ1v) is 10.4. The monoisotopic (exact) mass is 364 g/mol. The highest BCUT2D eigenvalue weighted by atomic mass is 32.1. The van der Waals surface area contributed by atoms with E-state index < -0.39 is 0 Å². The zero-order valence-electron chi connectivity index (χ0n) is 15.2. The summed E-state index contributed by atoms with van der Waals surface area (Å²) in [6.07, 6.45) is 5.43. The average molecular weight is 365 g/mol. The molecule has 2 aromatic heterocycles. The van der Waals surface area contributed by atoms with Crippen molar-refractivity contribution in [2.75, 3.05) is 36.0 Å². The molecule has 5 heteroatoms. The first-order chi connectivity index (χ1) is 12.8. The Morgan fingerprint density at radius 2 is 1.77 bits per heavy atom. The summed E-state index contributed by atoms with van der Waals surface area (Å²) >= 11 is 1.89. The molecule has 0 saturated carbocycles. The molecule has 0 radical (unpaired) electrons. The maximum Gasteiger partial charge on any atom is 0.141 e. The van der Waals surface area contributed by atoms with Gasteiger partial charge in [0.25, 0.3) is 0 Å². The number of aryl methyl sites for hydroxylation is 1. The molecular formula is C21H24N4S. The van der Waals surface area contributed by atoms with Gasteiger partial charge in [-0.25, -0.2) is 9.97 Å². The van der Waals surface area contributed by atoms with E-state index in [0.29, 0.717) is 0 Å². The van der Waals surface area contributed by atoms with Gasteiger partial charge >= 0.3 is 0 Å². The second-order valence-corrected chi connectivity index (χ2v) is 8.62. The first kappa shape index (κ1) is 16.1. The van der Waals surface area contributed by atoms with Crippen molar-refractivity contribution in [2.45, 2.75) is 26.2 Å². The van der Waals surface area contributed by atoms with Crippen LogP contribution >= 0.6 is 11.3 Å². The molecule has 1 aliphatic heterocycles. The predicted octanol–water partition coefficient (Wildman–Crippen LogP) is 4.14. The minimum Gasteiger partial charge on any atom is -0.368 e. The zero-order chi connectivity index (χ0) is 17.5. The number of thiophene rings is 1. The van der Waals surface area contributed by atoms with Gasteiger partial charge in [0, 0.05) is 36.7 Å². The predicted molar refractivity (Wildman–Crippen MR) is 109 cm³/mol. The van der Waals surface area contributed by atoms with Crippen LogP contribution < -0.4 is 9.80 Å². The van der Waals surface area contributed by atoms with E-state index in [1.54, 1.807) is 11.2 Å². The lowest BCUT2D eigenvalue weighted by molar-refractivity contribution is 0.509. The summed E-state index contributed by atoms with van der Waals surface area (Å²) in [6, 6.07) is 10.7. The van der Waals surface area contributed by atoms with Gasteiger partial charge in [-0.1, -0.05) is 25.1 Å². The Balaban J connectivity index is 1.43. The van der Waals surface area contributed by atoms with Crippen molar-refractivity contribution in [3.8, 4) is 0 Å². The van der Waals surface area contributed by atoms with Crippen molar-refractivity contribution in [1.29, 1.82) is 0 Å². The van der Waals surface area contributed by atoms with Crippen molar-refractivity contribution < 1.29 is 0 Å². The van der Waals surface area contributed by atoms with Crippen LogP contribution in [0.1, 0.15) is 23.8 Å². The molecule has 0 amide bonds. The van der Waals surface area contributed by atoms with Gasteiger partial charge in [0.15, 0.2) is 0 Å². The van der Waals surface area contributed by atoms with E-state index in [1.807, 2.05) is 11.3 Å². The lowest BCUT2D eigenvalue weighted by atomic mass is 9.89. The fourth-order valence-corrected chi connectivity index (χ4v) is 5.66. The molecule has 3 aromatic rings. The van der Waals surface area contributed by atoms with Crippen LogP contribution in [0.25, 0.3) is 10.2 Å². The maximum atomic E-state index is 4.73. The van der Waals surface area contributed by atoms with E-state index in [-0.39, 0.29) is 0 Å². The van der Waals surface area contributed by atoms with Crippen molar-refractivity contribution in [3.63, 3.8) is 0 Å². The molecule has 0 N–H and O–H groups in total. The van der Waals surface area contributed by atoms with Crippen molar-refractivity contribution in [3.05, 3.63) is 47.1 Å². The quantitative estimate of drug-likeness (QED) is 0.684. The Kier molecular flexibility index (Phi) is 4.04. The molecule has 1 aromatic carbocycles. The number of piperazine rings is 1. The highest BCUT2D eigenvalue weighted by Crippen LogP contribution is 2.40. The van der Waals surface area contributed by atoms with Crippen LogP contribution in [0.5, 0.6) is 0 Å². The molecule has 3 heterocycles. The molecule has 26 heavy (non-hydrogen) atoms. The number of aromatic nitrogens is 2. The van der Waals surface area contributed by atoms with Crippen LogP contribution in [0.4, 0.5) is 11.5 Å². The third-order valence-electron chi connectivity index (χ3n) is 5.77. The second-order valence-electron chi connectivity index (χ2n) is 7.54. The minimum atomic E-state index is 0.793. The van der Waals surface area contributed by atoms with Gasteiger partial charge in [-0.2, -0.15) is 0 Å². The molecule has 4 nitrogen and oxygen atoms in total. The highest BCUT2D eigenvalue weighted by molar-refractivity contribution is 7.19. The lowest BCUT2D eigenvalue weighted by Crippen LogP contribution is -2.46. The summed E-state index contributed by atoms with van der Waals surface area (Å²) in [7, 11) is 0. The summed E-state index contributed by atoms with van der Waals surface area (Å²) in [5.41, 5.74) is 2.85. The van der Waals surface area contributed by atoms with Crippen LogP contribution in [0.15, 0.2) is 36.7 Å². The Labute approximate surface area is 158 Å². The molecule has 0 bridgehead atoms. The molecule has 1 unspecified atom stereocenters. The average Bonchev–Trinajstić information content (AvgIpc) is 3.06. The normalized spacial score (nSPS) is 20.4. The molecule has 1 saturated heterocycles. The Morgan fingerprint density at radius 1 is 1.00 bits per heavy atom. The van der Waals surface area contributed by atoms with E-state index in [9.17, 15) is 0 Å². The lowest BCUT2D eigenvalue weighted by Gasteiger charge is -2.37. The number of fused-ring (bicyclic) bond motifs is 3. The summed E-state index contributed by atoms with van der Waals surface area (Å²) < 4.78 is 0. The molecule has 2 aliphatic rings. The number of anilines is 2. The van der Waals surface area contributed by atoms with Crippen LogP contribution in [0.2, 0.25) is 0 Å². The summed E-state index contributed by atoms with van der Waals surface area (Å²) in [6.45, 7) is 6.48. The number of nitrogens with zero attached hydrogens (tertiary/aromatic N) is 4. The van der Waals surface area contributed by atoms with Crippen molar-refractivity contribution >= 4 is 33.1 Å². The summed E-state index contributed by atoms with van der Waals surface area (Å²) in [5.74, 6) is 1.95. The van der Waals surface area contributed by atoms with E-state index >= 15 is 0 Å². The molecule has 5 rings (SSSR count). The third kappa shape index (κ3) is 2.75. The van der Waals surface area contributed by atoms with Crippen LogP contribution in [0.3, 0.4) is 0 Å². The Morgan fingerprint density at radius 3 is 2.58 bits per heavy atom. The minimum absolute atomic E-state index is 0.793. The largest absolute Gasteiger partial charge is 0.368 e. The third-order valence-corrected chi connectivity index (χ3v) is 6.93. The maximum absolute atomic E-state index is 4.73. The van der Waals surface area contributed by atoms with Crippen LogP contribution in [-0.2, 0) is 12.8 Å². The van der Waals surface area contributed by atoms with Crippen LogP contribution in [0, 0.1) is 5.92 Å². The second kappa shape index (κ2) is 6.54. The SMILES string of the molecule is CC1CCc2c(sc3ncnc(N4CCN(c5ccccc5)CC4)c23)C1. The van der Waals surface area contributed by atoms with Gasteiger partial charge < -0.3 is 9.80 Å². The molecular weight excluding hydrogens is 340 g/mol. The first-order valence-electron chi connectivity index (χ1n) is 9.60. The van der Waals surface area contributed by atoms with Crippen LogP contribution in [-0.4, -0.2) is 36.1 Å². The van der Waals surface area contributed by atoms with Gasteiger partial charge in [0.2, 0.25) is 0 Å². The van der Waals surface area contributed by atoms with Gasteiger partial charge in [-0.05, 0) is 42.9 Å². The number of hydrogen-bond donors (Lipinski definition) is 0. The van der Waals surface area contributed by atoms with E-state index in [1.165, 1.54) is 40.7 Å². The summed E-state index contributed by atoms with van der Waals surface area (Å²) in [5, 5.41) is 1.34. The fraction of sp³-hybridized carbons (Fsp3) is 0.429. The number of rotatable bonds is 2. The van der Waals surface area contributed by atoms with Gasteiger partial charge in [-0.3, -0.25) is 0 Å². The number of benzene rings is 1. The van der Waals surface area contributed by atoms with Gasteiger partial charge in [0.05, 0.1) is 5.39 Å². The highest BCUT2D eigenvalue weighted by Gasteiger charge is 2.26. The molecule has 0 spiro atoms. The molecule has 134 valence electrons. The standard InChI is InChI=1S/C21H24N4S/c1-15-7-8-17-18(13-15)26-21-19(17)20(22-14-23-21)25-11-9-24(10-12-25)16-5-3-2-4-6-16/h2-6,14-15H,7-13H2,1H3. The number of para-hydroxylation sites is 1. The van der Waals surface area contributed by atoms with E-state index in [4.69, 9.17) is 4.98 Å². The topological polar surface area (TPSA) is 32.3 Å². The zero-order valence-corrected chi connectivity index (χ0v) is 16.0. The summed E-state index contributed by atoms with van der Waals surface area (Å²) in [4.78, 5) is 17.0. The van der Waals surface area contributed by atoms with E-state index in [2.05, 4.69) is 52.0 Å². The molecule has 1 fully saturated rings.